The molecule has 31 heavy (non-hydrogen) atoms. The van der Waals surface area contributed by atoms with Crippen LogP contribution in [0.4, 0.5) is 0 Å². The summed E-state index contributed by atoms with van der Waals surface area (Å²) in [7, 11) is 0. The molecule has 1 atom stereocenters. The van der Waals surface area contributed by atoms with Crippen LogP contribution in [0.5, 0.6) is 0 Å². The second-order valence-corrected chi connectivity index (χ2v) is 9.91. The Labute approximate surface area is 183 Å². The highest BCUT2D eigenvalue weighted by atomic mass is 16.6. The number of nitrogens with one attached hydrogen (secondary N) is 1. The average molecular weight is 422 g/mol. The van der Waals surface area contributed by atoms with E-state index in [0.29, 0.717) is 5.41 Å². The minimum Gasteiger partial charge on any atom is -0.385 e. The third kappa shape index (κ3) is 4.10. The van der Waals surface area contributed by atoms with Gasteiger partial charge < -0.3 is 10.2 Å². The Morgan fingerprint density at radius 2 is 1.84 bits per heavy atom. The molecule has 164 valence electrons. The average Bonchev–Trinajstić information content (AvgIpc) is 3.28. The molecule has 4 aliphatic rings. The molecule has 4 aliphatic carbocycles. The largest absolute Gasteiger partial charge is 0.385 e. The number of nitrogens with zero attached hydrogens (tertiary/aromatic N) is 4. The van der Waals surface area contributed by atoms with Crippen LogP contribution in [0.1, 0.15) is 57.9 Å². The number of rotatable bonds is 7. The van der Waals surface area contributed by atoms with Crippen molar-refractivity contribution in [1.82, 2.24) is 20.1 Å². The molecule has 6 rings (SSSR count). The SMILES string of the molecule is C/C(=N\OCC(=O)NC(C)C12CC3CC(CC(C3)C1)C2)c1ccc(-n2cncn2)cc1. The van der Waals surface area contributed by atoms with Crippen LogP contribution in [0.2, 0.25) is 0 Å². The maximum absolute atomic E-state index is 12.5. The fourth-order valence-corrected chi connectivity index (χ4v) is 6.58. The number of aromatic nitrogens is 3. The minimum absolute atomic E-state index is 0.0505. The molecule has 1 heterocycles. The van der Waals surface area contributed by atoms with E-state index in [4.69, 9.17) is 4.84 Å². The number of hydrogen-bond donors (Lipinski definition) is 1. The fraction of sp³-hybridized carbons (Fsp3) is 0.583. The third-order valence-corrected chi connectivity index (χ3v) is 7.75. The first-order chi connectivity index (χ1) is 15.0. The summed E-state index contributed by atoms with van der Waals surface area (Å²) in [4.78, 5) is 21.9. The van der Waals surface area contributed by atoms with E-state index in [1.807, 2.05) is 31.2 Å². The molecular formula is C24H31N5O2. The van der Waals surface area contributed by atoms with Crippen molar-refractivity contribution in [3.8, 4) is 5.69 Å². The zero-order valence-corrected chi connectivity index (χ0v) is 18.3. The molecule has 1 unspecified atom stereocenters. The van der Waals surface area contributed by atoms with Gasteiger partial charge in [0.05, 0.1) is 11.4 Å². The molecular weight excluding hydrogens is 390 g/mol. The molecule has 1 N–H and O–H groups in total. The van der Waals surface area contributed by atoms with E-state index < -0.39 is 0 Å². The minimum atomic E-state index is -0.0821. The summed E-state index contributed by atoms with van der Waals surface area (Å²) in [5, 5.41) is 11.5. The highest BCUT2D eigenvalue weighted by molar-refractivity contribution is 5.98. The zero-order chi connectivity index (χ0) is 21.4. The molecule has 0 radical (unpaired) electrons. The van der Waals surface area contributed by atoms with Crippen LogP contribution in [0.15, 0.2) is 42.1 Å². The van der Waals surface area contributed by atoms with E-state index in [1.165, 1.54) is 44.9 Å². The summed E-state index contributed by atoms with van der Waals surface area (Å²) in [5.74, 6) is 2.56. The normalized spacial score (nSPS) is 30.3. The quantitative estimate of drug-likeness (QED) is 0.546. The predicted octanol–water partition coefficient (Wildman–Crippen LogP) is 3.73. The molecule has 0 spiro atoms. The van der Waals surface area contributed by atoms with Crippen molar-refractivity contribution < 1.29 is 9.63 Å². The first-order valence-electron chi connectivity index (χ1n) is 11.4. The van der Waals surface area contributed by atoms with Crippen LogP contribution < -0.4 is 5.32 Å². The molecule has 1 aromatic carbocycles. The Kier molecular flexibility index (Phi) is 5.28. The van der Waals surface area contributed by atoms with E-state index >= 15 is 0 Å². The Morgan fingerprint density at radius 3 is 2.42 bits per heavy atom. The molecule has 0 saturated heterocycles. The molecule has 2 aromatic rings. The zero-order valence-electron chi connectivity index (χ0n) is 18.3. The van der Waals surface area contributed by atoms with Gasteiger partial charge in [-0.05, 0) is 93.2 Å². The summed E-state index contributed by atoms with van der Waals surface area (Å²) in [5.41, 5.74) is 2.89. The van der Waals surface area contributed by atoms with Gasteiger partial charge in [-0.1, -0.05) is 17.3 Å². The maximum atomic E-state index is 12.5. The van der Waals surface area contributed by atoms with Crippen LogP contribution in [0.3, 0.4) is 0 Å². The van der Waals surface area contributed by atoms with Gasteiger partial charge in [0.25, 0.3) is 5.91 Å². The van der Waals surface area contributed by atoms with Crippen LogP contribution in [0, 0.1) is 23.2 Å². The summed E-state index contributed by atoms with van der Waals surface area (Å²) in [6, 6.07) is 8.00. The van der Waals surface area contributed by atoms with E-state index in [2.05, 4.69) is 27.5 Å². The van der Waals surface area contributed by atoms with Crippen LogP contribution in [-0.4, -0.2) is 39.0 Å². The lowest BCUT2D eigenvalue weighted by atomic mass is 9.48. The van der Waals surface area contributed by atoms with Gasteiger partial charge in [0, 0.05) is 6.04 Å². The van der Waals surface area contributed by atoms with Crippen molar-refractivity contribution in [3.63, 3.8) is 0 Å². The monoisotopic (exact) mass is 421 g/mol. The Balaban J connectivity index is 1.13. The Bertz CT molecular complexity index is 916. The lowest BCUT2D eigenvalue weighted by Gasteiger charge is -2.59. The lowest BCUT2D eigenvalue weighted by Crippen LogP contribution is -2.56. The van der Waals surface area contributed by atoms with Gasteiger partial charge in [-0.3, -0.25) is 4.79 Å². The van der Waals surface area contributed by atoms with Gasteiger partial charge in [-0.25, -0.2) is 9.67 Å². The number of oxime groups is 1. The number of benzene rings is 1. The number of carbonyl (C=O) groups is 1. The second kappa shape index (κ2) is 8.09. The topological polar surface area (TPSA) is 81.4 Å². The first kappa shape index (κ1) is 20.2. The number of hydrogen-bond acceptors (Lipinski definition) is 5. The second-order valence-electron chi connectivity index (χ2n) is 9.91. The van der Waals surface area contributed by atoms with Gasteiger partial charge >= 0.3 is 0 Å². The van der Waals surface area contributed by atoms with Gasteiger partial charge in [-0.2, -0.15) is 5.10 Å². The van der Waals surface area contributed by atoms with Crippen LogP contribution in [-0.2, 0) is 9.63 Å². The summed E-state index contributed by atoms with van der Waals surface area (Å²) >= 11 is 0. The third-order valence-electron chi connectivity index (χ3n) is 7.75. The van der Waals surface area contributed by atoms with E-state index in [9.17, 15) is 4.79 Å². The van der Waals surface area contributed by atoms with E-state index in [1.54, 1.807) is 11.0 Å². The standard InChI is InChI=1S/C24H31N5O2/c1-16(21-3-5-22(6-4-21)29-15-25-14-26-29)28-31-13-23(30)27-17(2)24-10-18-7-19(11-24)9-20(8-18)12-24/h3-6,14-15,17-20H,7-13H2,1-2H3,(H,27,30)/b28-16+. The Hall–Kier alpha value is -2.70. The van der Waals surface area contributed by atoms with Gasteiger partial charge in [0.1, 0.15) is 12.7 Å². The van der Waals surface area contributed by atoms with E-state index in [0.717, 1.165) is 34.7 Å². The molecule has 0 aliphatic heterocycles. The summed E-state index contributed by atoms with van der Waals surface area (Å²) in [6.45, 7) is 4.02. The fourth-order valence-electron chi connectivity index (χ4n) is 6.58. The number of carbonyl (C=O) groups excluding carboxylic acids is 1. The number of amides is 1. The molecule has 1 aromatic heterocycles. The van der Waals surface area contributed by atoms with Crippen LogP contribution >= 0.6 is 0 Å². The lowest BCUT2D eigenvalue weighted by molar-refractivity contribution is -0.130. The van der Waals surface area contributed by atoms with Crippen molar-refractivity contribution in [1.29, 1.82) is 0 Å². The van der Waals surface area contributed by atoms with Gasteiger partial charge in [0.2, 0.25) is 0 Å². The van der Waals surface area contributed by atoms with Crippen molar-refractivity contribution in [2.45, 2.75) is 58.4 Å². The highest BCUT2D eigenvalue weighted by Gasteiger charge is 2.53. The first-order valence-corrected chi connectivity index (χ1v) is 11.4. The van der Waals surface area contributed by atoms with Crippen molar-refractivity contribution in [3.05, 3.63) is 42.5 Å². The predicted molar refractivity (Wildman–Crippen MR) is 118 cm³/mol. The smallest absolute Gasteiger partial charge is 0.261 e. The summed E-state index contributed by atoms with van der Waals surface area (Å²) in [6.07, 6.45) is 11.2. The van der Waals surface area contributed by atoms with Crippen molar-refractivity contribution in [2.75, 3.05) is 6.61 Å². The van der Waals surface area contributed by atoms with Gasteiger partial charge in [0.15, 0.2) is 6.61 Å². The molecule has 7 nitrogen and oxygen atoms in total. The summed E-state index contributed by atoms with van der Waals surface area (Å²) < 4.78 is 1.70. The molecule has 4 bridgehead atoms. The van der Waals surface area contributed by atoms with Crippen molar-refractivity contribution in [2.24, 2.45) is 28.3 Å². The van der Waals surface area contributed by atoms with Crippen molar-refractivity contribution >= 4 is 11.6 Å². The highest BCUT2D eigenvalue weighted by Crippen LogP contribution is 2.61. The van der Waals surface area contributed by atoms with E-state index in [-0.39, 0.29) is 18.6 Å². The molecule has 7 heteroatoms. The van der Waals surface area contributed by atoms with Gasteiger partial charge in [-0.15, -0.1) is 0 Å². The Morgan fingerprint density at radius 1 is 1.19 bits per heavy atom. The van der Waals surface area contributed by atoms with Crippen LogP contribution in [0.25, 0.3) is 5.69 Å². The maximum Gasteiger partial charge on any atom is 0.261 e. The molecule has 1 amide bonds. The molecule has 4 fully saturated rings. The molecule has 4 saturated carbocycles.